The van der Waals surface area contributed by atoms with Gasteiger partial charge in [0.05, 0.1) is 18.6 Å². The summed E-state index contributed by atoms with van der Waals surface area (Å²) in [4.78, 5) is 0.306. The largest absolute Gasteiger partial charge is 0.497 e. The Morgan fingerprint density at radius 1 is 1.20 bits per heavy atom. The molecule has 0 amide bonds. The van der Waals surface area contributed by atoms with Crippen LogP contribution in [0.25, 0.3) is 0 Å². The fourth-order valence-corrected chi connectivity index (χ4v) is 4.21. The lowest BCUT2D eigenvalue weighted by molar-refractivity contribution is 0.253. The monoisotopic (exact) mass is 301 g/mol. The number of aliphatic hydroxyl groups excluding tert-OH is 1. The number of methoxy groups -OCH3 is 1. The van der Waals surface area contributed by atoms with Gasteiger partial charge in [-0.25, -0.2) is 8.42 Å². The number of sulfonamides is 1. The topological polar surface area (TPSA) is 66.8 Å². The second-order valence-corrected chi connectivity index (χ2v) is 6.59. The van der Waals surface area contributed by atoms with E-state index >= 15 is 0 Å². The number of hydrogen-bond donors (Lipinski definition) is 1. The molecule has 1 aromatic rings. The van der Waals surface area contributed by atoms with Crippen LogP contribution in [0.5, 0.6) is 5.75 Å². The van der Waals surface area contributed by atoms with Crippen LogP contribution in [-0.4, -0.2) is 44.6 Å². The summed E-state index contributed by atoms with van der Waals surface area (Å²) in [6, 6.07) is 3.42. The van der Waals surface area contributed by atoms with Crippen molar-refractivity contribution < 1.29 is 18.3 Å². The molecule has 0 saturated carbocycles. The first-order valence-corrected chi connectivity index (χ1v) is 8.08. The molecule has 0 fully saturated rings. The van der Waals surface area contributed by atoms with Crippen LogP contribution in [0.1, 0.15) is 24.5 Å². The van der Waals surface area contributed by atoms with Gasteiger partial charge in [-0.1, -0.05) is 6.92 Å². The zero-order valence-corrected chi connectivity index (χ0v) is 13.3. The molecule has 1 aromatic carbocycles. The van der Waals surface area contributed by atoms with Crippen molar-refractivity contribution >= 4 is 10.0 Å². The molecule has 0 aliphatic rings. The lowest BCUT2D eigenvalue weighted by Crippen LogP contribution is -2.35. The van der Waals surface area contributed by atoms with Gasteiger partial charge in [-0.05, 0) is 43.5 Å². The SMILES string of the molecule is CCCN(CCO)S(=O)(=O)c1c(C)cc(OC)cc1C. The average molecular weight is 301 g/mol. The Labute approximate surface area is 121 Å². The van der Waals surface area contributed by atoms with Crippen LogP contribution in [0.4, 0.5) is 0 Å². The minimum atomic E-state index is -3.59. The molecule has 1 rings (SSSR count). The molecule has 20 heavy (non-hydrogen) atoms. The van der Waals surface area contributed by atoms with E-state index in [0.29, 0.717) is 34.7 Å². The molecule has 0 unspecified atom stereocenters. The number of hydrogen-bond acceptors (Lipinski definition) is 4. The third-order valence-corrected chi connectivity index (χ3v) is 5.29. The van der Waals surface area contributed by atoms with Crippen molar-refractivity contribution in [2.75, 3.05) is 26.8 Å². The van der Waals surface area contributed by atoms with Crippen molar-refractivity contribution in [1.82, 2.24) is 4.31 Å². The highest BCUT2D eigenvalue weighted by molar-refractivity contribution is 7.89. The van der Waals surface area contributed by atoms with Gasteiger partial charge in [0, 0.05) is 13.1 Å². The lowest BCUT2D eigenvalue weighted by Gasteiger charge is -2.23. The number of benzene rings is 1. The maximum Gasteiger partial charge on any atom is 0.243 e. The van der Waals surface area contributed by atoms with Crippen molar-refractivity contribution in [3.8, 4) is 5.75 Å². The Bertz CT molecular complexity index is 525. The van der Waals surface area contributed by atoms with Crippen LogP contribution >= 0.6 is 0 Å². The maximum absolute atomic E-state index is 12.7. The van der Waals surface area contributed by atoms with E-state index in [0.717, 1.165) is 0 Å². The van der Waals surface area contributed by atoms with Crippen LogP contribution in [-0.2, 0) is 10.0 Å². The summed E-state index contributed by atoms with van der Waals surface area (Å²) >= 11 is 0. The highest BCUT2D eigenvalue weighted by atomic mass is 32.2. The fraction of sp³-hybridized carbons (Fsp3) is 0.571. The van der Waals surface area contributed by atoms with Crippen molar-refractivity contribution in [2.45, 2.75) is 32.1 Å². The van der Waals surface area contributed by atoms with Gasteiger partial charge in [-0.3, -0.25) is 0 Å². The summed E-state index contributed by atoms with van der Waals surface area (Å²) in [5.41, 5.74) is 1.31. The average Bonchev–Trinajstić information content (AvgIpc) is 2.37. The van der Waals surface area contributed by atoms with E-state index in [1.807, 2.05) is 6.92 Å². The molecule has 0 aromatic heterocycles. The third kappa shape index (κ3) is 3.50. The molecule has 0 atom stereocenters. The van der Waals surface area contributed by atoms with Gasteiger partial charge in [0.1, 0.15) is 5.75 Å². The first-order chi connectivity index (χ1) is 9.38. The summed E-state index contributed by atoms with van der Waals surface area (Å²) in [5.74, 6) is 0.642. The number of aryl methyl sites for hydroxylation is 2. The molecule has 0 heterocycles. The highest BCUT2D eigenvalue weighted by Crippen LogP contribution is 2.28. The third-order valence-electron chi connectivity index (χ3n) is 3.09. The van der Waals surface area contributed by atoms with Gasteiger partial charge in [0.25, 0.3) is 0 Å². The Morgan fingerprint density at radius 3 is 2.15 bits per heavy atom. The molecule has 1 N–H and O–H groups in total. The van der Waals surface area contributed by atoms with Crippen LogP contribution in [0, 0.1) is 13.8 Å². The van der Waals surface area contributed by atoms with Crippen molar-refractivity contribution in [3.05, 3.63) is 23.3 Å². The van der Waals surface area contributed by atoms with Crippen molar-refractivity contribution in [3.63, 3.8) is 0 Å². The van der Waals surface area contributed by atoms with E-state index < -0.39 is 10.0 Å². The summed E-state index contributed by atoms with van der Waals surface area (Å²) < 4.78 is 31.9. The first kappa shape index (κ1) is 16.9. The lowest BCUT2D eigenvalue weighted by atomic mass is 10.1. The Morgan fingerprint density at radius 2 is 1.75 bits per heavy atom. The molecule has 5 nitrogen and oxygen atoms in total. The molecule has 0 aliphatic heterocycles. The van der Waals surface area contributed by atoms with Crippen LogP contribution in [0.15, 0.2) is 17.0 Å². The molecule has 0 saturated heterocycles. The highest BCUT2D eigenvalue weighted by Gasteiger charge is 2.27. The molecule has 0 radical (unpaired) electrons. The number of rotatable bonds is 7. The standard InChI is InChI=1S/C14H23NO4S/c1-5-6-15(7-8-16)20(17,18)14-11(2)9-13(19-4)10-12(14)3/h9-10,16H,5-8H2,1-4H3. The zero-order valence-electron chi connectivity index (χ0n) is 12.5. The summed E-state index contributed by atoms with van der Waals surface area (Å²) in [6.45, 7) is 5.74. The Balaban J connectivity index is 3.33. The maximum atomic E-state index is 12.7. The predicted octanol–water partition coefficient (Wildman–Crippen LogP) is 1.71. The van der Waals surface area contributed by atoms with E-state index in [2.05, 4.69) is 0 Å². The number of ether oxygens (including phenoxy) is 1. The van der Waals surface area contributed by atoms with Gasteiger partial charge in [-0.15, -0.1) is 0 Å². The van der Waals surface area contributed by atoms with E-state index in [9.17, 15) is 8.42 Å². The smallest absolute Gasteiger partial charge is 0.243 e. The quantitative estimate of drug-likeness (QED) is 0.832. The number of aliphatic hydroxyl groups is 1. The second kappa shape index (κ2) is 7.06. The van der Waals surface area contributed by atoms with Gasteiger partial charge in [-0.2, -0.15) is 4.31 Å². The van der Waals surface area contributed by atoms with Gasteiger partial charge >= 0.3 is 0 Å². The molecular weight excluding hydrogens is 278 g/mol. The van der Waals surface area contributed by atoms with Crippen LogP contribution < -0.4 is 4.74 Å². The minimum Gasteiger partial charge on any atom is -0.497 e. The summed E-state index contributed by atoms with van der Waals surface area (Å²) in [6.07, 6.45) is 0.702. The second-order valence-electron chi connectivity index (χ2n) is 4.72. The normalized spacial score (nSPS) is 11.9. The molecule has 0 aliphatic carbocycles. The van der Waals surface area contributed by atoms with Crippen molar-refractivity contribution in [2.24, 2.45) is 0 Å². The van der Waals surface area contributed by atoms with E-state index in [1.165, 1.54) is 4.31 Å². The zero-order chi connectivity index (χ0) is 15.3. The van der Waals surface area contributed by atoms with Crippen LogP contribution in [0.2, 0.25) is 0 Å². The molecule has 6 heteroatoms. The number of nitrogens with zero attached hydrogens (tertiary/aromatic N) is 1. The fourth-order valence-electron chi connectivity index (χ4n) is 2.28. The summed E-state index contributed by atoms with van der Waals surface area (Å²) in [7, 11) is -2.04. The minimum absolute atomic E-state index is 0.112. The predicted molar refractivity (Wildman–Crippen MR) is 78.6 cm³/mol. The van der Waals surface area contributed by atoms with E-state index in [1.54, 1.807) is 33.1 Å². The van der Waals surface area contributed by atoms with Gasteiger partial charge in [0.15, 0.2) is 0 Å². The Hall–Kier alpha value is -1.11. The molecule has 0 bridgehead atoms. The van der Waals surface area contributed by atoms with Gasteiger partial charge < -0.3 is 9.84 Å². The molecule has 0 spiro atoms. The summed E-state index contributed by atoms with van der Waals surface area (Å²) in [5, 5.41) is 9.07. The first-order valence-electron chi connectivity index (χ1n) is 6.64. The van der Waals surface area contributed by atoms with Gasteiger partial charge in [0.2, 0.25) is 10.0 Å². The molecular formula is C14H23NO4S. The van der Waals surface area contributed by atoms with Crippen LogP contribution in [0.3, 0.4) is 0 Å². The molecule has 114 valence electrons. The van der Waals surface area contributed by atoms with Crippen molar-refractivity contribution in [1.29, 1.82) is 0 Å². The van der Waals surface area contributed by atoms with E-state index in [4.69, 9.17) is 9.84 Å². The van der Waals surface area contributed by atoms with E-state index in [-0.39, 0.29) is 13.2 Å². The Kier molecular flexibility index (Phi) is 5.98.